The van der Waals surface area contributed by atoms with E-state index in [1.807, 2.05) is 26.4 Å². The van der Waals surface area contributed by atoms with Gasteiger partial charge in [0.2, 0.25) is 0 Å². The molecule has 1 aromatic rings. The number of nitrogens with zero attached hydrogens (tertiary/aromatic N) is 2. The van der Waals surface area contributed by atoms with Crippen LogP contribution in [0, 0.1) is 0 Å². The van der Waals surface area contributed by atoms with Gasteiger partial charge in [0.15, 0.2) is 0 Å². The Bertz CT molecular complexity index is 345. The fraction of sp³-hybridized carbons (Fsp3) is 0.727. The Morgan fingerprint density at radius 1 is 1.60 bits per heavy atom. The zero-order valence-corrected chi connectivity index (χ0v) is 9.66. The average Bonchev–Trinajstić information content (AvgIpc) is 2.69. The highest BCUT2D eigenvalue weighted by Gasteiger charge is 2.35. The Morgan fingerprint density at radius 3 is 2.87 bits per heavy atom. The summed E-state index contributed by atoms with van der Waals surface area (Å²) in [6.45, 7) is 7.75. The van der Waals surface area contributed by atoms with Crippen molar-refractivity contribution in [2.75, 3.05) is 13.2 Å². The van der Waals surface area contributed by atoms with Crippen LogP contribution in [-0.2, 0) is 15.8 Å². The minimum Gasteiger partial charge on any atom is -0.379 e. The lowest BCUT2D eigenvalue weighted by Gasteiger charge is -2.30. The molecule has 4 heteroatoms. The van der Waals surface area contributed by atoms with Gasteiger partial charge in [-0.15, -0.1) is 0 Å². The fourth-order valence-corrected chi connectivity index (χ4v) is 2.05. The Hall–Kier alpha value is -0.870. The van der Waals surface area contributed by atoms with Crippen LogP contribution in [0.5, 0.6) is 0 Å². The van der Waals surface area contributed by atoms with E-state index < -0.39 is 0 Å². The van der Waals surface area contributed by atoms with E-state index in [1.165, 1.54) is 0 Å². The van der Waals surface area contributed by atoms with E-state index in [0.29, 0.717) is 0 Å². The van der Waals surface area contributed by atoms with Crippen molar-refractivity contribution in [1.29, 1.82) is 0 Å². The molecule has 0 saturated carbocycles. The number of hydrogen-bond acceptors (Lipinski definition) is 3. The summed E-state index contributed by atoms with van der Waals surface area (Å²) < 4.78 is 7.63. The van der Waals surface area contributed by atoms with Crippen LogP contribution in [0.2, 0.25) is 0 Å². The normalized spacial score (nSPS) is 27.2. The first-order valence-corrected chi connectivity index (χ1v) is 5.33. The third kappa shape index (κ3) is 1.79. The lowest BCUT2D eigenvalue weighted by molar-refractivity contribution is 0.158. The number of imidazole rings is 1. The molecule has 0 radical (unpaired) electrons. The van der Waals surface area contributed by atoms with E-state index in [2.05, 4.69) is 16.5 Å². The van der Waals surface area contributed by atoms with Crippen LogP contribution in [0.15, 0.2) is 12.5 Å². The molecule has 0 aromatic carbocycles. The van der Waals surface area contributed by atoms with Crippen LogP contribution in [-0.4, -0.2) is 22.8 Å². The Labute approximate surface area is 90.4 Å². The van der Waals surface area contributed by atoms with Crippen LogP contribution < -0.4 is 5.73 Å². The molecule has 0 amide bonds. The van der Waals surface area contributed by atoms with Gasteiger partial charge in [0.25, 0.3) is 0 Å². The molecule has 1 saturated heterocycles. The van der Waals surface area contributed by atoms with Crippen molar-refractivity contribution in [3.8, 4) is 0 Å². The van der Waals surface area contributed by atoms with Gasteiger partial charge in [-0.25, -0.2) is 4.98 Å². The van der Waals surface area contributed by atoms with Crippen molar-refractivity contribution >= 4 is 0 Å². The molecule has 1 aliphatic rings. The molecule has 0 aliphatic carbocycles. The van der Waals surface area contributed by atoms with Gasteiger partial charge in [-0.3, -0.25) is 0 Å². The average molecular weight is 209 g/mol. The van der Waals surface area contributed by atoms with E-state index in [4.69, 9.17) is 10.5 Å². The van der Waals surface area contributed by atoms with Crippen molar-refractivity contribution in [3.63, 3.8) is 0 Å². The maximum absolute atomic E-state index is 6.13. The molecule has 2 heterocycles. The van der Waals surface area contributed by atoms with E-state index in [9.17, 15) is 0 Å². The van der Waals surface area contributed by atoms with E-state index >= 15 is 0 Å². The molecule has 0 bridgehead atoms. The lowest BCUT2D eigenvalue weighted by atomic mass is 9.97. The summed E-state index contributed by atoms with van der Waals surface area (Å²) in [5.41, 5.74) is 6.85. The molecule has 84 valence electrons. The van der Waals surface area contributed by atoms with Crippen molar-refractivity contribution in [2.45, 2.75) is 38.3 Å². The third-order valence-corrected chi connectivity index (χ3v) is 3.08. The second-order valence-corrected chi connectivity index (χ2v) is 5.17. The zero-order valence-electron chi connectivity index (χ0n) is 9.66. The molecule has 1 unspecified atom stereocenters. The second kappa shape index (κ2) is 3.32. The fourth-order valence-electron chi connectivity index (χ4n) is 2.05. The minimum absolute atomic E-state index is 0.0163. The number of rotatable bonds is 2. The number of nitrogens with two attached hydrogens (primary N) is 1. The van der Waals surface area contributed by atoms with Gasteiger partial charge >= 0.3 is 0 Å². The molecule has 15 heavy (non-hydrogen) atoms. The Kier molecular flexibility index (Phi) is 2.35. The van der Waals surface area contributed by atoms with Gasteiger partial charge in [-0.05, 0) is 27.2 Å². The summed E-state index contributed by atoms with van der Waals surface area (Å²) in [5.74, 6) is 0. The SMILES string of the molecule is CC(C)(N)c1cncn1C1(C)CCOC1. The maximum Gasteiger partial charge on any atom is 0.0954 e. The minimum atomic E-state index is -0.359. The summed E-state index contributed by atoms with van der Waals surface area (Å²) in [7, 11) is 0. The smallest absolute Gasteiger partial charge is 0.0954 e. The molecule has 1 atom stereocenters. The van der Waals surface area contributed by atoms with Crippen LogP contribution in [0.1, 0.15) is 32.9 Å². The standard InChI is InChI=1S/C11H19N3O/c1-10(2,12)9-6-13-8-14(9)11(3)4-5-15-7-11/h6,8H,4-5,7,12H2,1-3H3. The van der Waals surface area contributed by atoms with Crippen LogP contribution in [0.4, 0.5) is 0 Å². The highest BCUT2D eigenvalue weighted by molar-refractivity contribution is 5.13. The predicted molar refractivity (Wildman–Crippen MR) is 58.5 cm³/mol. The van der Waals surface area contributed by atoms with Crippen molar-refractivity contribution in [2.24, 2.45) is 5.73 Å². The summed E-state index contributed by atoms with van der Waals surface area (Å²) in [5, 5.41) is 0. The van der Waals surface area contributed by atoms with E-state index in [-0.39, 0.29) is 11.1 Å². The Balaban J connectivity index is 2.40. The van der Waals surface area contributed by atoms with Crippen LogP contribution in [0.25, 0.3) is 0 Å². The molecule has 2 N–H and O–H groups in total. The molecule has 1 aliphatic heterocycles. The third-order valence-electron chi connectivity index (χ3n) is 3.08. The summed E-state index contributed by atoms with van der Waals surface area (Å²) in [6.07, 6.45) is 4.73. The molecular formula is C11H19N3O. The first kappa shape index (κ1) is 10.6. The molecule has 4 nitrogen and oxygen atoms in total. The largest absolute Gasteiger partial charge is 0.379 e. The maximum atomic E-state index is 6.13. The van der Waals surface area contributed by atoms with Gasteiger partial charge in [-0.2, -0.15) is 0 Å². The topological polar surface area (TPSA) is 53.1 Å². The van der Waals surface area contributed by atoms with E-state index in [1.54, 1.807) is 0 Å². The first-order chi connectivity index (χ1) is 6.93. The van der Waals surface area contributed by atoms with Crippen LogP contribution >= 0.6 is 0 Å². The Morgan fingerprint density at radius 2 is 2.33 bits per heavy atom. The first-order valence-electron chi connectivity index (χ1n) is 5.33. The van der Waals surface area contributed by atoms with E-state index in [0.717, 1.165) is 25.3 Å². The summed E-state index contributed by atoms with van der Waals surface area (Å²) in [6, 6.07) is 0. The highest BCUT2D eigenvalue weighted by atomic mass is 16.5. The predicted octanol–water partition coefficient (Wildman–Crippen LogP) is 1.21. The number of ether oxygens (including phenoxy) is 1. The monoisotopic (exact) mass is 209 g/mol. The van der Waals surface area contributed by atoms with Crippen molar-refractivity contribution in [3.05, 3.63) is 18.2 Å². The van der Waals surface area contributed by atoms with Gasteiger partial charge < -0.3 is 15.0 Å². The molecule has 1 fully saturated rings. The van der Waals surface area contributed by atoms with Gasteiger partial charge in [-0.1, -0.05) is 0 Å². The van der Waals surface area contributed by atoms with Gasteiger partial charge in [0.1, 0.15) is 0 Å². The summed E-state index contributed by atoms with van der Waals surface area (Å²) in [4.78, 5) is 4.21. The number of hydrogen-bond donors (Lipinski definition) is 1. The number of aromatic nitrogens is 2. The highest BCUT2D eigenvalue weighted by Crippen LogP contribution is 2.30. The zero-order chi connectivity index (χ0) is 11.1. The molecular weight excluding hydrogens is 190 g/mol. The summed E-state index contributed by atoms with van der Waals surface area (Å²) >= 11 is 0. The van der Waals surface area contributed by atoms with Crippen LogP contribution in [0.3, 0.4) is 0 Å². The van der Waals surface area contributed by atoms with Crippen molar-refractivity contribution in [1.82, 2.24) is 9.55 Å². The molecule has 1 aromatic heterocycles. The van der Waals surface area contributed by atoms with Gasteiger partial charge in [0.05, 0.1) is 35.9 Å². The van der Waals surface area contributed by atoms with Crippen molar-refractivity contribution < 1.29 is 4.74 Å². The quantitative estimate of drug-likeness (QED) is 0.796. The van der Waals surface area contributed by atoms with Gasteiger partial charge in [0, 0.05) is 6.61 Å². The molecule has 0 spiro atoms. The molecule has 2 rings (SSSR count). The lowest BCUT2D eigenvalue weighted by Crippen LogP contribution is -2.38. The second-order valence-electron chi connectivity index (χ2n) is 5.17.